The van der Waals surface area contributed by atoms with Crippen LogP contribution < -0.4 is 10.6 Å². The molecule has 2 aromatic carbocycles. The number of aromatic nitrogens is 1. The van der Waals surface area contributed by atoms with E-state index in [1.807, 2.05) is 36.4 Å². The minimum absolute atomic E-state index is 0.0842. The second-order valence-corrected chi connectivity index (χ2v) is 5.13. The maximum atomic E-state index is 11.8. The summed E-state index contributed by atoms with van der Waals surface area (Å²) in [6.45, 7) is -0.0842. The van der Waals surface area contributed by atoms with E-state index < -0.39 is 17.9 Å². The van der Waals surface area contributed by atoms with Crippen molar-refractivity contribution in [1.29, 1.82) is 0 Å². The van der Waals surface area contributed by atoms with Crippen LogP contribution in [0.4, 0.5) is 5.82 Å². The highest BCUT2D eigenvalue weighted by molar-refractivity contribution is 6.39. The van der Waals surface area contributed by atoms with Gasteiger partial charge in [0.2, 0.25) is 0 Å². The molecule has 122 valence electrons. The smallest absolute Gasteiger partial charge is 0.314 e. The van der Waals surface area contributed by atoms with E-state index in [1.54, 1.807) is 6.07 Å². The van der Waals surface area contributed by atoms with Crippen LogP contribution in [0.25, 0.3) is 10.8 Å². The minimum Gasteiger partial charge on any atom is -0.387 e. The Balaban J connectivity index is 1.63. The van der Waals surface area contributed by atoms with Crippen LogP contribution >= 0.6 is 0 Å². The maximum Gasteiger partial charge on any atom is 0.314 e. The minimum atomic E-state index is -0.931. The molecule has 3 aromatic rings. The summed E-state index contributed by atoms with van der Waals surface area (Å²) in [5.41, 5.74) is 0.685. The fourth-order valence-electron chi connectivity index (χ4n) is 2.37. The van der Waals surface area contributed by atoms with Crippen molar-refractivity contribution in [3.05, 3.63) is 60.4 Å². The number of carbonyl (C=O) groups is 2. The number of aliphatic hydroxyl groups excluding tert-OH is 1. The molecule has 0 saturated carbocycles. The average molecular weight is 325 g/mol. The summed E-state index contributed by atoms with van der Waals surface area (Å²) in [6, 6.07) is 14.6. The summed E-state index contributed by atoms with van der Waals surface area (Å²) in [5, 5.41) is 20.4. The summed E-state index contributed by atoms with van der Waals surface area (Å²) in [7, 11) is 0. The number of fused-ring (bicyclic) bond motifs is 1. The van der Waals surface area contributed by atoms with Crippen LogP contribution in [0.1, 0.15) is 11.7 Å². The van der Waals surface area contributed by atoms with E-state index in [-0.39, 0.29) is 12.4 Å². The summed E-state index contributed by atoms with van der Waals surface area (Å²) < 4.78 is 4.56. The maximum absolute atomic E-state index is 11.8. The number of benzene rings is 2. The van der Waals surface area contributed by atoms with Crippen LogP contribution in [-0.4, -0.2) is 28.6 Å². The predicted octanol–water partition coefficient (Wildman–Crippen LogP) is 1.62. The van der Waals surface area contributed by atoms with Crippen molar-refractivity contribution in [3.63, 3.8) is 0 Å². The summed E-state index contributed by atoms with van der Waals surface area (Å²) >= 11 is 0. The molecule has 1 atom stereocenters. The molecule has 0 aliphatic heterocycles. The number of nitrogens with zero attached hydrogens (tertiary/aromatic N) is 1. The lowest BCUT2D eigenvalue weighted by atomic mass is 10.0. The highest BCUT2D eigenvalue weighted by Crippen LogP contribution is 2.23. The highest BCUT2D eigenvalue weighted by Gasteiger charge is 2.17. The van der Waals surface area contributed by atoms with E-state index in [0.29, 0.717) is 5.56 Å². The molecule has 0 radical (unpaired) electrons. The Kier molecular flexibility index (Phi) is 4.53. The molecule has 7 heteroatoms. The number of aliphatic hydroxyl groups is 1. The number of hydrogen-bond acceptors (Lipinski definition) is 5. The zero-order valence-electron chi connectivity index (χ0n) is 12.6. The van der Waals surface area contributed by atoms with Crippen molar-refractivity contribution in [2.75, 3.05) is 11.9 Å². The third-order valence-electron chi connectivity index (χ3n) is 3.52. The van der Waals surface area contributed by atoms with Crippen molar-refractivity contribution in [2.24, 2.45) is 0 Å². The third kappa shape index (κ3) is 3.41. The van der Waals surface area contributed by atoms with Gasteiger partial charge < -0.3 is 14.9 Å². The molecule has 0 fully saturated rings. The predicted molar refractivity (Wildman–Crippen MR) is 87.1 cm³/mol. The van der Waals surface area contributed by atoms with Gasteiger partial charge in [0.05, 0.1) is 6.10 Å². The molecule has 3 rings (SSSR count). The van der Waals surface area contributed by atoms with Gasteiger partial charge in [-0.3, -0.25) is 14.9 Å². The number of amides is 2. The number of hydrogen-bond donors (Lipinski definition) is 3. The van der Waals surface area contributed by atoms with E-state index in [2.05, 4.69) is 20.3 Å². The molecular weight excluding hydrogens is 310 g/mol. The van der Waals surface area contributed by atoms with Gasteiger partial charge in [-0.1, -0.05) is 47.6 Å². The molecule has 0 aliphatic rings. The quantitative estimate of drug-likeness (QED) is 0.632. The Morgan fingerprint density at radius 2 is 1.88 bits per heavy atom. The lowest BCUT2D eigenvalue weighted by Gasteiger charge is -2.14. The van der Waals surface area contributed by atoms with E-state index in [9.17, 15) is 14.7 Å². The third-order valence-corrected chi connectivity index (χ3v) is 3.52. The Bertz CT molecular complexity index is 856. The van der Waals surface area contributed by atoms with Crippen molar-refractivity contribution in [3.8, 4) is 0 Å². The summed E-state index contributed by atoms with van der Waals surface area (Å²) in [6.07, 6.45) is 0.345. The fraction of sp³-hybridized carbons (Fsp3) is 0.118. The van der Waals surface area contributed by atoms with Gasteiger partial charge >= 0.3 is 11.8 Å². The normalized spacial score (nSPS) is 11.9. The molecule has 2 amide bonds. The van der Waals surface area contributed by atoms with Crippen molar-refractivity contribution >= 4 is 28.4 Å². The first-order valence-corrected chi connectivity index (χ1v) is 7.30. The van der Waals surface area contributed by atoms with Gasteiger partial charge in [-0.05, 0) is 16.3 Å². The molecule has 1 unspecified atom stereocenters. The summed E-state index contributed by atoms with van der Waals surface area (Å²) in [4.78, 5) is 23.5. The van der Waals surface area contributed by atoms with Gasteiger partial charge in [0.1, 0.15) is 6.26 Å². The lowest BCUT2D eigenvalue weighted by Crippen LogP contribution is -2.37. The number of anilines is 1. The molecule has 0 spiro atoms. The van der Waals surface area contributed by atoms with Crippen molar-refractivity contribution < 1.29 is 19.2 Å². The Hall–Kier alpha value is -3.19. The monoisotopic (exact) mass is 325 g/mol. The fourth-order valence-corrected chi connectivity index (χ4v) is 2.37. The van der Waals surface area contributed by atoms with Crippen LogP contribution in [0.2, 0.25) is 0 Å². The molecule has 0 saturated heterocycles. The van der Waals surface area contributed by atoms with Crippen molar-refractivity contribution in [1.82, 2.24) is 10.5 Å². The second-order valence-electron chi connectivity index (χ2n) is 5.13. The van der Waals surface area contributed by atoms with E-state index in [4.69, 9.17) is 0 Å². The van der Waals surface area contributed by atoms with Crippen LogP contribution in [0.15, 0.2) is 59.3 Å². The number of carbonyl (C=O) groups excluding carboxylic acids is 2. The van der Waals surface area contributed by atoms with Crippen LogP contribution in [0.3, 0.4) is 0 Å². The Morgan fingerprint density at radius 3 is 2.67 bits per heavy atom. The van der Waals surface area contributed by atoms with Crippen LogP contribution in [-0.2, 0) is 9.59 Å². The molecule has 1 aromatic heterocycles. The van der Waals surface area contributed by atoms with Crippen LogP contribution in [0.5, 0.6) is 0 Å². The molecule has 3 N–H and O–H groups in total. The molecular formula is C17H15N3O4. The first kappa shape index (κ1) is 15.7. The van der Waals surface area contributed by atoms with Crippen LogP contribution in [0, 0.1) is 0 Å². The molecule has 0 aliphatic carbocycles. The van der Waals surface area contributed by atoms with E-state index >= 15 is 0 Å². The Labute approximate surface area is 137 Å². The van der Waals surface area contributed by atoms with E-state index in [1.165, 1.54) is 12.3 Å². The first-order valence-electron chi connectivity index (χ1n) is 7.30. The number of rotatable bonds is 4. The SMILES string of the molecule is O=C(NCC(O)c1cccc2ccccc12)C(=O)Nc1ccon1. The van der Waals surface area contributed by atoms with Gasteiger partial charge in [-0.2, -0.15) is 0 Å². The zero-order chi connectivity index (χ0) is 16.9. The number of nitrogens with one attached hydrogen (secondary N) is 2. The average Bonchev–Trinajstić information content (AvgIpc) is 3.11. The van der Waals surface area contributed by atoms with Crippen molar-refractivity contribution in [2.45, 2.75) is 6.10 Å². The van der Waals surface area contributed by atoms with E-state index in [0.717, 1.165) is 10.8 Å². The largest absolute Gasteiger partial charge is 0.387 e. The highest BCUT2D eigenvalue weighted by atomic mass is 16.5. The molecule has 1 heterocycles. The van der Waals surface area contributed by atoms with Gasteiger partial charge in [0, 0.05) is 12.6 Å². The van der Waals surface area contributed by atoms with Gasteiger partial charge in [0.25, 0.3) is 0 Å². The van der Waals surface area contributed by atoms with Gasteiger partial charge in [-0.25, -0.2) is 0 Å². The zero-order valence-corrected chi connectivity index (χ0v) is 12.6. The second kappa shape index (κ2) is 6.93. The molecule has 7 nitrogen and oxygen atoms in total. The summed E-state index contributed by atoms with van der Waals surface area (Å²) in [5.74, 6) is -1.60. The first-order chi connectivity index (χ1) is 11.6. The van der Waals surface area contributed by atoms with Gasteiger partial charge in [-0.15, -0.1) is 0 Å². The molecule has 0 bridgehead atoms. The molecule has 24 heavy (non-hydrogen) atoms. The standard InChI is InChI=1S/C17H15N3O4/c21-14(13-7-3-5-11-4-1-2-6-12(11)13)10-18-16(22)17(23)19-15-8-9-24-20-15/h1-9,14,21H,10H2,(H,18,22)(H,19,20,23). The topological polar surface area (TPSA) is 104 Å². The Morgan fingerprint density at radius 1 is 1.08 bits per heavy atom. The lowest BCUT2D eigenvalue weighted by molar-refractivity contribution is -0.136. The van der Waals surface area contributed by atoms with Gasteiger partial charge in [0.15, 0.2) is 5.82 Å².